The van der Waals surface area contributed by atoms with Crippen LogP contribution in [-0.2, 0) is 9.53 Å². The molecule has 0 aliphatic rings. The summed E-state index contributed by atoms with van der Waals surface area (Å²) in [6.07, 6.45) is -0.601. The molecule has 1 atom stereocenters. The van der Waals surface area contributed by atoms with Crippen LogP contribution in [0, 0.1) is 0 Å². The van der Waals surface area contributed by atoms with Crippen LogP contribution in [0.5, 0.6) is 11.5 Å². The van der Waals surface area contributed by atoms with E-state index in [0.717, 1.165) is 0 Å². The van der Waals surface area contributed by atoms with Gasteiger partial charge in [0.05, 0.1) is 13.5 Å². The Bertz CT molecular complexity index is 566. The molecule has 128 valence electrons. The van der Waals surface area contributed by atoms with Gasteiger partial charge in [0.2, 0.25) is 0 Å². The summed E-state index contributed by atoms with van der Waals surface area (Å²) in [5, 5.41) is 2.58. The van der Waals surface area contributed by atoms with Crippen LogP contribution in [-0.4, -0.2) is 30.8 Å². The number of hydrogen-bond donors (Lipinski definition) is 2. The van der Waals surface area contributed by atoms with Crippen LogP contribution >= 0.6 is 0 Å². The van der Waals surface area contributed by atoms with E-state index in [1.165, 1.54) is 13.2 Å². The summed E-state index contributed by atoms with van der Waals surface area (Å²) in [7, 11) is 1.47. The van der Waals surface area contributed by atoms with Gasteiger partial charge in [0, 0.05) is 17.8 Å². The lowest BCUT2D eigenvalue weighted by molar-refractivity contribution is -0.134. The van der Waals surface area contributed by atoms with E-state index in [4.69, 9.17) is 19.9 Å². The maximum Gasteiger partial charge on any atom is 0.407 e. The lowest BCUT2D eigenvalue weighted by Crippen LogP contribution is -2.39. The number of carbonyl (C=O) groups is 2. The summed E-state index contributed by atoms with van der Waals surface area (Å²) in [4.78, 5) is 23.6. The fourth-order valence-corrected chi connectivity index (χ4v) is 1.75. The zero-order valence-electron chi connectivity index (χ0n) is 14.1. The number of carbonyl (C=O) groups excluding carboxylic acids is 2. The number of amides is 1. The highest BCUT2D eigenvalue weighted by Gasteiger charge is 2.20. The Hall–Kier alpha value is -2.44. The lowest BCUT2D eigenvalue weighted by Gasteiger charge is -2.21. The van der Waals surface area contributed by atoms with Crippen molar-refractivity contribution in [3.8, 4) is 11.5 Å². The van der Waals surface area contributed by atoms with Crippen molar-refractivity contribution in [2.24, 2.45) is 0 Å². The van der Waals surface area contributed by atoms with Gasteiger partial charge in [-0.2, -0.15) is 0 Å². The molecule has 0 radical (unpaired) electrons. The molecule has 23 heavy (non-hydrogen) atoms. The average Bonchev–Trinajstić information content (AvgIpc) is 2.35. The van der Waals surface area contributed by atoms with E-state index >= 15 is 0 Å². The van der Waals surface area contributed by atoms with Crippen molar-refractivity contribution >= 4 is 17.7 Å². The number of ether oxygens (including phenoxy) is 3. The number of nitrogen functional groups attached to an aromatic ring is 1. The largest absolute Gasteiger partial charge is 0.493 e. The summed E-state index contributed by atoms with van der Waals surface area (Å²) >= 11 is 0. The Kier molecular flexibility index (Phi) is 6.24. The van der Waals surface area contributed by atoms with Gasteiger partial charge < -0.3 is 25.3 Å². The number of rotatable bonds is 5. The number of esters is 1. The highest BCUT2D eigenvalue weighted by Crippen LogP contribution is 2.29. The van der Waals surface area contributed by atoms with Gasteiger partial charge in [-0.1, -0.05) is 0 Å². The molecule has 0 heterocycles. The Balaban J connectivity index is 2.56. The number of anilines is 1. The van der Waals surface area contributed by atoms with Crippen molar-refractivity contribution in [2.45, 2.75) is 45.8 Å². The normalized spacial score (nSPS) is 12.2. The summed E-state index contributed by atoms with van der Waals surface area (Å²) in [6, 6.07) is 4.32. The van der Waals surface area contributed by atoms with Crippen molar-refractivity contribution in [3.05, 3.63) is 18.2 Å². The molecule has 0 saturated carbocycles. The van der Waals surface area contributed by atoms with Gasteiger partial charge in [0.25, 0.3) is 0 Å². The molecule has 0 fully saturated rings. The summed E-state index contributed by atoms with van der Waals surface area (Å²) < 4.78 is 15.5. The minimum atomic E-state index is -0.598. The third kappa shape index (κ3) is 6.90. The third-order valence-electron chi connectivity index (χ3n) is 2.65. The predicted octanol–water partition coefficient (Wildman–Crippen LogP) is 2.49. The van der Waals surface area contributed by atoms with E-state index in [1.54, 1.807) is 39.8 Å². The average molecular weight is 324 g/mol. The summed E-state index contributed by atoms with van der Waals surface area (Å²) in [5.74, 6) is 0.125. The molecule has 1 unspecified atom stereocenters. The first-order valence-electron chi connectivity index (χ1n) is 7.24. The third-order valence-corrected chi connectivity index (χ3v) is 2.65. The molecule has 1 aromatic rings. The molecule has 7 heteroatoms. The minimum Gasteiger partial charge on any atom is -0.493 e. The number of methoxy groups -OCH3 is 1. The zero-order chi connectivity index (χ0) is 17.6. The smallest absolute Gasteiger partial charge is 0.407 e. The van der Waals surface area contributed by atoms with Crippen molar-refractivity contribution in [1.82, 2.24) is 5.32 Å². The van der Waals surface area contributed by atoms with Crippen molar-refractivity contribution in [2.75, 3.05) is 12.8 Å². The standard InChI is InChI=1S/C16H24N2O5/c1-10(18-15(20)23-16(2,3)4)8-14(19)22-13-9-11(17)6-7-12(13)21-5/h6-7,9-10H,8,17H2,1-5H3,(H,18,20). The van der Waals surface area contributed by atoms with E-state index in [2.05, 4.69) is 5.32 Å². The molecule has 0 aliphatic heterocycles. The lowest BCUT2D eigenvalue weighted by atomic mass is 10.2. The second kappa shape index (κ2) is 7.71. The SMILES string of the molecule is COc1ccc(N)cc1OC(=O)CC(C)NC(=O)OC(C)(C)C. The molecule has 0 bridgehead atoms. The second-order valence-electron chi connectivity index (χ2n) is 6.14. The molecule has 7 nitrogen and oxygen atoms in total. The number of hydrogen-bond acceptors (Lipinski definition) is 6. The van der Waals surface area contributed by atoms with Gasteiger partial charge in [-0.25, -0.2) is 4.79 Å². The fraction of sp³-hybridized carbons (Fsp3) is 0.500. The second-order valence-corrected chi connectivity index (χ2v) is 6.14. The predicted molar refractivity (Wildman–Crippen MR) is 86.5 cm³/mol. The first kappa shape index (κ1) is 18.6. The molecular formula is C16H24N2O5. The quantitative estimate of drug-likeness (QED) is 0.490. The highest BCUT2D eigenvalue weighted by molar-refractivity contribution is 5.76. The summed E-state index contributed by atoms with van der Waals surface area (Å²) in [5.41, 5.74) is 5.52. The molecule has 1 rings (SSSR count). The van der Waals surface area contributed by atoms with E-state index in [-0.39, 0.29) is 12.2 Å². The van der Waals surface area contributed by atoms with E-state index in [0.29, 0.717) is 11.4 Å². The molecule has 1 aromatic carbocycles. The van der Waals surface area contributed by atoms with Gasteiger partial charge in [0.15, 0.2) is 11.5 Å². The Labute approximate surface area is 136 Å². The molecule has 0 spiro atoms. The van der Waals surface area contributed by atoms with Crippen LogP contribution in [0.2, 0.25) is 0 Å². The van der Waals surface area contributed by atoms with Crippen molar-refractivity contribution in [1.29, 1.82) is 0 Å². The van der Waals surface area contributed by atoms with Crippen LogP contribution in [0.3, 0.4) is 0 Å². The molecule has 0 aromatic heterocycles. The van der Waals surface area contributed by atoms with Crippen LogP contribution in [0.25, 0.3) is 0 Å². The fourth-order valence-electron chi connectivity index (χ4n) is 1.75. The van der Waals surface area contributed by atoms with Crippen LogP contribution in [0.4, 0.5) is 10.5 Å². The van der Waals surface area contributed by atoms with Crippen LogP contribution < -0.4 is 20.5 Å². The topological polar surface area (TPSA) is 99.9 Å². The zero-order valence-corrected chi connectivity index (χ0v) is 14.1. The molecule has 0 aliphatic carbocycles. The van der Waals surface area contributed by atoms with E-state index in [1.807, 2.05) is 0 Å². The van der Waals surface area contributed by atoms with Gasteiger partial charge >= 0.3 is 12.1 Å². The first-order chi connectivity index (χ1) is 10.6. The number of nitrogens with one attached hydrogen (secondary N) is 1. The Morgan fingerprint density at radius 1 is 1.26 bits per heavy atom. The molecule has 0 saturated heterocycles. The van der Waals surface area contributed by atoms with E-state index in [9.17, 15) is 9.59 Å². The van der Waals surface area contributed by atoms with Crippen LogP contribution in [0.15, 0.2) is 18.2 Å². The van der Waals surface area contributed by atoms with Crippen LogP contribution in [0.1, 0.15) is 34.1 Å². The van der Waals surface area contributed by atoms with E-state index < -0.39 is 23.7 Å². The first-order valence-corrected chi connectivity index (χ1v) is 7.24. The minimum absolute atomic E-state index is 0.0167. The van der Waals surface area contributed by atoms with Gasteiger partial charge in [-0.05, 0) is 39.8 Å². The summed E-state index contributed by atoms with van der Waals surface area (Å²) in [6.45, 7) is 6.97. The van der Waals surface area contributed by atoms with Gasteiger partial charge in [-0.15, -0.1) is 0 Å². The number of alkyl carbamates (subject to hydrolysis) is 1. The molecular weight excluding hydrogens is 300 g/mol. The maximum atomic E-state index is 12.0. The monoisotopic (exact) mass is 324 g/mol. The van der Waals surface area contributed by atoms with Gasteiger partial charge in [0.1, 0.15) is 5.60 Å². The molecule has 1 amide bonds. The Morgan fingerprint density at radius 2 is 1.91 bits per heavy atom. The Morgan fingerprint density at radius 3 is 2.48 bits per heavy atom. The molecule has 3 N–H and O–H groups in total. The number of nitrogens with two attached hydrogens (primary N) is 1. The van der Waals surface area contributed by atoms with Crippen molar-refractivity contribution < 1.29 is 23.8 Å². The van der Waals surface area contributed by atoms with Crippen molar-refractivity contribution in [3.63, 3.8) is 0 Å². The maximum absolute atomic E-state index is 12.0. The highest BCUT2D eigenvalue weighted by atomic mass is 16.6. The number of benzene rings is 1. The van der Waals surface area contributed by atoms with Gasteiger partial charge in [-0.3, -0.25) is 4.79 Å².